The van der Waals surface area contributed by atoms with Crippen molar-refractivity contribution in [1.29, 1.82) is 0 Å². The van der Waals surface area contributed by atoms with Gasteiger partial charge in [-0.2, -0.15) is 0 Å². The first-order valence-corrected chi connectivity index (χ1v) is 7.35. The fraction of sp³-hybridized carbons (Fsp3) is 0. The van der Waals surface area contributed by atoms with Crippen molar-refractivity contribution >= 4 is 64.2 Å². The van der Waals surface area contributed by atoms with Gasteiger partial charge in [-0.15, -0.1) is 0 Å². The van der Waals surface area contributed by atoms with Crippen LogP contribution in [-0.2, 0) is 4.74 Å². The zero-order valence-corrected chi connectivity index (χ0v) is 13.3. The summed E-state index contributed by atoms with van der Waals surface area (Å²) in [5.74, 6) is -0.0677. The first-order valence-electron chi connectivity index (χ1n) is 5.84. The Morgan fingerprint density at radius 3 is 2.10 bits per heavy atom. The molecule has 0 spiro atoms. The monoisotopic (exact) mass is 358 g/mol. The van der Waals surface area contributed by atoms with E-state index < -0.39 is 5.97 Å². The van der Waals surface area contributed by atoms with E-state index in [4.69, 9.17) is 51.1 Å². The zero-order chi connectivity index (χ0) is 15.1. The first kappa shape index (κ1) is 14.7. The fourth-order valence-electron chi connectivity index (χ4n) is 1.99. The summed E-state index contributed by atoms with van der Waals surface area (Å²) in [5, 5.41) is 1.54. The number of hydrogen-bond donors (Lipinski definition) is 0. The van der Waals surface area contributed by atoms with Gasteiger partial charge in [-0.25, -0.2) is 4.79 Å². The Morgan fingerprint density at radius 1 is 0.810 bits per heavy atom. The molecule has 0 amide bonds. The van der Waals surface area contributed by atoms with Crippen LogP contribution in [0.4, 0.5) is 0 Å². The third kappa shape index (κ3) is 2.77. The number of carbonyl (C=O) groups is 1. The Balaban J connectivity index is 2.10. The van der Waals surface area contributed by atoms with Crippen LogP contribution in [0.15, 0.2) is 30.3 Å². The Bertz CT molecular complexity index is 797. The van der Waals surface area contributed by atoms with E-state index >= 15 is 0 Å². The summed E-state index contributed by atoms with van der Waals surface area (Å²) < 4.78 is 5.24. The van der Waals surface area contributed by atoms with Crippen molar-refractivity contribution in [2.45, 2.75) is 0 Å². The van der Waals surface area contributed by atoms with E-state index in [0.717, 1.165) is 5.56 Å². The molecular formula is C15H6Cl4O2. The smallest absolute Gasteiger partial charge is 0.344 e. The second-order valence-corrected chi connectivity index (χ2v) is 6.01. The van der Waals surface area contributed by atoms with E-state index in [9.17, 15) is 4.79 Å². The van der Waals surface area contributed by atoms with Crippen LogP contribution in [0.2, 0.25) is 20.1 Å². The molecule has 106 valence electrons. The van der Waals surface area contributed by atoms with Crippen molar-refractivity contribution in [2.75, 3.05) is 0 Å². The number of hydrogen-bond acceptors (Lipinski definition) is 2. The highest BCUT2D eigenvalue weighted by Crippen LogP contribution is 2.37. The Morgan fingerprint density at radius 2 is 1.43 bits per heavy atom. The van der Waals surface area contributed by atoms with Gasteiger partial charge in [0.2, 0.25) is 0 Å². The molecule has 0 fully saturated rings. The van der Waals surface area contributed by atoms with Gasteiger partial charge in [0.15, 0.2) is 0 Å². The topological polar surface area (TPSA) is 26.3 Å². The predicted molar refractivity (Wildman–Crippen MR) is 86.2 cm³/mol. The van der Waals surface area contributed by atoms with E-state index in [0.29, 0.717) is 37.0 Å². The number of benzene rings is 2. The fourth-order valence-corrected chi connectivity index (χ4v) is 2.62. The van der Waals surface area contributed by atoms with Crippen LogP contribution in [0.25, 0.3) is 11.8 Å². The van der Waals surface area contributed by atoms with Gasteiger partial charge in [0, 0.05) is 5.56 Å². The summed E-state index contributed by atoms with van der Waals surface area (Å²) >= 11 is 23.7. The third-order valence-electron chi connectivity index (χ3n) is 2.99. The largest absolute Gasteiger partial charge is 0.422 e. The average molecular weight is 360 g/mol. The zero-order valence-electron chi connectivity index (χ0n) is 10.3. The minimum atomic E-state index is -0.463. The Kier molecular flexibility index (Phi) is 3.89. The van der Waals surface area contributed by atoms with Crippen LogP contribution in [0.1, 0.15) is 21.5 Å². The molecule has 0 bridgehead atoms. The number of halogens is 4. The molecule has 1 heterocycles. The van der Waals surface area contributed by atoms with Crippen LogP contribution in [0, 0.1) is 0 Å². The Labute approximate surface area is 140 Å². The van der Waals surface area contributed by atoms with Crippen molar-refractivity contribution in [3.8, 4) is 0 Å². The molecule has 0 N–H and O–H groups in total. The van der Waals surface area contributed by atoms with Crippen molar-refractivity contribution in [2.24, 2.45) is 0 Å². The molecule has 0 aromatic heterocycles. The molecule has 0 aliphatic carbocycles. The standard InChI is InChI=1S/C15H6Cl4O2/c16-10-2-1-7(3-11(10)17)4-14-8-5-12(18)13(19)6-9(8)15(20)21-14/h1-6H/b14-4-. The predicted octanol–water partition coefficient (Wildman–Crippen LogP) is 5.97. The molecule has 21 heavy (non-hydrogen) atoms. The summed E-state index contributed by atoms with van der Waals surface area (Å²) in [4.78, 5) is 11.8. The SMILES string of the molecule is O=C1O/C(=C\c2ccc(Cl)c(Cl)c2)c2cc(Cl)c(Cl)cc21. The lowest BCUT2D eigenvalue weighted by Gasteiger charge is -2.02. The molecule has 0 unspecified atom stereocenters. The van der Waals surface area contributed by atoms with Crippen LogP contribution in [0.5, 0.6) is 0 Å². The van der Waals surface area contributed by atoms with E-state index in [2.05, 4.69) is 0 Å². The normalized spacial score (nSPS) is 15.2. The maximum absolute atomic E-state index is 11.8. The summed E-state index contributed by atoms with van der Waals surface area (Å²) in [6.07, 6.45) is 1.69. The summed E-state index contributed by atoms with van der Waals surface area (Å²) in [6.45, 7) is 0. The minimum Gasteiger partial charge on any atom is -0.422 e. The minimum absolute atomic E-state index is 0.308. The number of rotatable bonds is 1. The maximum atomic E-state index is 11.8. The van der Waals surface area contributed by atoms with Crippen molar-refractivity contribution in [1.82, 2.24) is 0 Å². The van der Waals surface area contributed by atoms with Gasteiger partial charge >= 0.3 is 5.97 Å². The van der Waals surface area contributed by atoms with Gasteiger partial charge in [0.1, 0.15) is 5.76 Å². The molecule has 2 nitrogen and oxygen atoms in total. The Hall–Kier alpha value is -1.19. The lowest BCUT2D eigenvalue weighted by molar-refractivity contribution is 0.0717. The van der Waals surface area contributed by atoms with E-state index in [1.165, 1.54) is 6.07 Å². The second-order valence-electron chi connectivity index (χ2n) is 4.38. The number of fused-ring (bicyclic) bond motifs is 1. The van der Waals surface area contributed by atoms with Crippen LogP contribution < -0.4 is 0 Å². The van der Waals surface area contributed by atoms with Gasteiger partial charge in [-0.05, 0) is 35.9 Å². The lowest BCUT2D eigenvalue weighted by atomic mass is 10.1. The summed E-state index contributed by atoms with van der Waals surface area (Å²) in [7, 11) is 0. The molecule has 3 rings (SSSR count). The van der Waals surface area contributed by atoms with Crippen molar-refractivity contribution in [3.63, 3.8) is 0 Å². The van der Waals surface area contributed by atoms with Crippen LogP contribution >= 0.6 is 46.4 Å². The van der Waals surface area contributed by atoms with Gasteiger partial charge < -0.3 is 4.74 Å². The number of cyclic esters (lactones) is 1. The maximum Gasteiger partial charge on any atom is 0.344 e. The second kappa shape index (κ2) is 5.54. The molecule has 0 atom stereocenters. The molecule has 0 radical (unpaired) electrons. The highest BCUT2D eigenvalue weighted by Gasteiger charge is 2.27. The van der Waals surface area contributed by atoms with Gasteiger partial charge in [-0.1, -0.05) is 52.5 Å². The van der Waals surface area contributed by atoms with E-state index in [1.807, 2.05) is 0 Å². The number of esters is 1. The van der Waals surface area contributed by atoms with E-state index in [-0.39, 0.29) is 0 Å². The molecule has 1 aliphatic rings. The number of ether oxygens (including phenoxy) is 1. The summed E-state index contributed by atoms with van der Waals surface area (Å²) in [6, 6.07) is 8.22. The van der Waals surface area contributed by atoms with Gasteiger partial charge in [-0.3, -0.25) is 0 Å². The van der Waals surface area contributed by atoms with Crippen LogP contribution in [0.3, 0.4) is 0 Å². The van der Waals surface area contributed by atoms with Crippen molar-refractivity contribution in [3.05, 3.63) is 67.1 Å². The van der Waals surface area contributed by atoms with Gasteiger partial charge in [0.25, 0.3) is 0 Å². The quantitative estimate of drug-likeness (QED) is 0.586. The molecule has 2 aromatic carbocycles. The highest BCUT2D eigenvalue weighted by atomic mass is 35.5. The molecule has 6 heteroatoms. The third-order valence-corrected chi connectivity index (χ3v) is 4.45. The molecular weight excluding hydrogens is 354 g/mol. The lowest BCUT2D eigenvalue weighted by Crippen LogP contribution is -1.93. The first-order chi connectivity index (χ1) is 9.95. The average Bonchev–Trinajstić information content (AvgIpc) is 2.71. The van der Waals surface area contributed by atoms with Crippen LogP contribution in [-0.4, -0.2) is 5.97 Å². The van der Waals surface area contributed by atoms with Crippen molar-refractivity contribution < 1.29 is 9.53 Å². The summed E-state index contributed by atoms with van der Waals surface area (Å²) in [5.41, 5.74) is 1.74. The molecule has 1 aliphatic heterocycles. The van der Waals surface area contributed by atoms with Gasteiger partial charge in [0.05, 0.1) is 25.7 Å². The molecule has 0 saturated carbocycles. The highest BCUT2D eigenvalue weighted by molar-refractivity contribution is 6.43. The number of carbonyl (C=O) groups excluding carboxylic acids is 1. The van der Waals surface area contributed by atoms with E-state index in [1.54, 1.807) is 30.3 Å². The molecule has 2 aromatic rings. The molecule has 0 saturated heterocycles.